The van der Waals surface area contributed by atoms with Gasteiger partial charge in [0.15, 0.2) is 11.5 Å². The van der Waals surface area contributed by atoms with E-state index in [9.17, 15) is 14.7 Å². The maximum atomic E-state index is 11.7. The Kier molecular flexibility index (Phi) is 3.41. The van der Waals surface area contributed by atoms with Crippen LogP contribution in [0.25, 0.3) is 0 Å². The zero-order chi connectivity index (χ0) is 14.0. The summed E-state index contributed by atoms with van der Waals surface area (Å²) in [6.45, 7) is 1.67. The summed E-state index contributed by atoms with van der Waals surface area (Å²) in [4.78, 5) is 27.6. The van der Waals surface area contributed by atoms with Crippen LogP contribution in [0, 0.1) is 6.92 Å². The third kappa shape index (κ3) is 2.67. The number of benzene rings is 1. The summed E-state index contributed by atoms with van der Waals surface area (Å²) >= 11 is 0. The molecule has 0 saturated carbocycles. The van der Waals surface area contributed by atoms with Crippen LogP contribution in [0.3, 0.4) is 0 Å². The van der Waals surface area contributed by atoms with Crippen LogP contribution in [0.1, 0.15) is 16.8 Å². The Balaban J connectivity index is 2.42. The smallest absolute Gasteiger partial charge is 0.325 e. The number of aryl methyl sites for hydroxylation is 1. The Morgan fingerprint density at radius 3 is 2.63 bits per heavy atom. The summed E-state index contributed by atoms with van der Waals surface area (Å²) in [7, 11) is 1.46. The molecule has 6 heteroatoms. The summed E-state index contributed by atoms with van der Waals surface area (Å²) in [5.74, 6) is 0.384. The maximum absolute atomic E-state index is 11.7. The van der Waals surface area contributed by atoms with Crippen LogP contribution in [-0.2, 0) is 6.42 Å². The van der Waals surface area contributed by atoms with Gasteiger partial charge in [0.1, 0.15) is 0 Å². The molecule has 0 fully saturated rings. The fraction of sp³-hybridized carbons (Fsp3) is 0.231. The van der Waals surface area contributed by atoms with E-state index in [2.05, 4.69) is 9.97 Å². The zero-order valence-electron chi connectivity index (χ0n) is 10.6. The van der Waals surface area contributed by atoms with Crippen LogP contribution in [0.15, 0.2) is 27.8 Å². The molecule has 2 rings (SSSR count). The Morgan fingerprint density at radius 1 is 1.26 bits per heavy atom. The lowest BCUT2D eigenvalue weighted by Crippen LogP contribution is -2.27. The number of H-pyrrole nitrogens is 2. The second-order valence-corrected chi connectivity index (χ2v) is 4.19. The fourth-order valence-electron chi connectivity index (χ4n) is 1.87. The van der Waals surface area contributed by atoms with E-state index < -0.39 is 11.2 Å². The topological polar surface area (TPSA) is 95.2 Å². The highest BCUT2D eigenvalue weighted by Crippen LogP contribution is 2.27. The molecule has 2 aromatic rings. The van der Waals surface area contributed by atoms with Gasteiger partial charge in [0, 0.05) is 17.7 Å². The summed E-state index contributed by atoms with van der Waals surface area (Å²) < 4.78 is 5.01. The number of aromatic amines is 2. The molecule has 1 aromatic heterocycles. The monoisotopic (exact) mass is 262 g/mol. The van der Waals surface area contributed by atoms with Gasteiger partial charge in [-0.3, -0.25) is 9.78 Å². The molecule has 0 atom stereocenters. The lowest BCUT2D eigenvalue weighted by molar-refractivity contribution is 0.373. The second kappa shape index (κ2) is 5.01. The van der Waals surface area contributed by atoms with Crippen molar-refractivity contribution in [3.8, 4) is 11.5 Å². The first-order chi connectivity index (χ1) is 9.01. The van der Waals surface area contributed by atoms with Crippen LogP contribution < -0.4 is 16.0 Å². The molecule has 1 heterocycles. The molecule has 6 nitrogen and oxygen atoms in total. The average Bonchev–Trinajstić information content (AvgIpc) is 2.35. The van der Waals surface area contributed by atoms with Crippen LogP contribution in [0.5, 0.6) is 11.5 Å². The van der Waals surface area contributed by atoms with E-state index in [4.69, 9.17) is 4.74 Å². The first-order valence-corrected chi connectivity index (χ1v) is 5.69. The number of aromatic nitrogens is 2. The summed E-state index contributed by atoms with van der Waals surface area (Å²) in [6, 6.07) is 4.85. The Labute approximate surface area is 108 Å². The van der Waals surface area contributed by atoms with Crippen LogP contribution in [-0.4, -0.2) is 22.2 Å². The molecule has 0 radical (unpaired) electrons. The highest BCUT2D eigenvalue weighted by atomic mass is 16.5. The highest BCUT2D eigenvalue weighted by Gasteiger charge is 2.09. The molecule has 0 aliphatic heterocycles. The number of phenolic OH excluding ortho intramolecular Hbond substituents is 1. The van der Waals surface area contributed by atoms with Gasteiger partial charge in [0.05, 0.1) is 7.11 Å². The maximum Gasteiger partial charge on any atom is 0.325 e. The molecule has 19 heavy (non-hydrogen) atoms. The van der Waals surface area contributed by atoms with Gasteiger partial charge in [-0.05, 0) is 24.6 Å². The molecule has 1 aromatic carbocycles. The second-order valence-electron chi connectivity index (χ2n) is 4.19. The van der Waals surface area contributed by atoms with Gasteiger partial charge < -0.3 is 14.8 Å². The molecular weight excluding hydrogens is 248 g/mol. The quantitative estimate of drug-likeness (QED) is 0.757. The molecule has 0 saturated heterocycles. The van der Waals surface area contributed by atoms with Crippen molar-refractivity contribution in [1.29, 1.82) is 0 Å². The van der Waals surface area contributed by atoms with Crippen LogP contribution >= 0.6 is 0 Å². The molecule has 0 amide bonds. The van der Waals surface area contributed by atoms with Crippen molar-refractivity contribution in [1.82, 2.24) is 9.97 Å². The molecule has 0 bridgehead atoms. The molecular formula is C13H14N2O4. The summed E-state index contributed by atoms with van der Waals surface area (Å²) in [5.41, 5.74) is 0.881. The first kappa shape index (κ1) is 12.9. The fourth-order valence-corrected chi connectivity index (χ4v) is 1.87. The molecule has 0 aliphatic rings. The van der Waals surface area contributed by atoms with Crippen molar-refractivity contribution in [3.63, 3.8) is 0 Å². The van der Waals surface area contributed by atoms with E-state index in [0.29, 0.717) is 23.4 Å². The van der Waals surface area contributed by atoms with Crippen molar-refractivity contribution in [3.05, 3.63) is 55.9 Å². The van der Waals surface area contributed by atoms with Crippen LogP contribution in [0.4, 0.5) is 0 Å². The van der Waals surface area contributed by atoms with E-state index in [-0.39, 0.29) is 5.75 Å². The van der Waals surface area contributed by atoms with Gasteiger partial charge in [-0.15, -0.1) is 0 Å². The summed E-state index contributed by atoms with van der Waals surface area (Å²) in [5, 5.41) is 9.51. The molecule has 3 N–H and O–H groups in total. The lowest BCUT2D eigenvalue weighted by Gasteiger charge is -2.07. The number of methoxy groups -OCH3 is 1. The molecule has 100 valence electrons. The van der Waals surface area contributed by atoms with Gasteiger partial charge in [0.25, 0.3) is 5.56 Å². The zero-order valence-corrected chi connectivity index (χ0v) is 10.6. The van der Waals surface area contributed by atoms with Gasteiger partial charge in [-0.25, -0.2) is 4.79 Å². The van der Waals surface area contributed by atoms with Gasteiger partial charge >= 0.3 is 5.69 Å². The molecule has 0 aliphatic carbocycles. The van der Waals surface area contributed by atoms with E-state index in [1.165, 1.54) is 13.2 Å². The minimum atomic E-state index is -0.519. The predicted octanol–water partition coefficient (Wildman–Crippen LogP) is 0.677. The van der Waals surface area contributed by atoms with E-state index in [0.717, 1.165) is 5.56 Å². The van der Waals surface area contributed by atoms with Crippen molar-refractivity contribution in [2.45, 2.75) is 13.3 Å². The third-order valence-electron chi connectivity index (χ3n) is 2.88. The predicted molar refractivity (Wildman–Crippen MR) is 69.9 cm³/mol. The average molecular weight is 262 g/mol. The van der Waals surface area contributed by atoms with E-state index in [1.54, 1.807) is 19.1 Å². The Bertz CT molecular complexity index is 715. The Hall–Kier alpha value is -2.50. The molecule has 0 spiro atoms. The van der Waals surface area contributed by atoms with E-state index in [1.807, 2.05) is 0 Å². The van der Waals surface area contributed by atoms with Crippen molar-refractivity contribution in [2.75, 3.05) is 7.11 Å². The minimum absolute atomic E-state index is 0.0401. The standard InChI is InChI=1S/C13H14N2O4/c1-7-9(12(17)15-13(18)14-7)5-8-3-4-10(16)11(6-8)19-2/h3-4,6,16H,5H2,1-2H3,(H2,14,15,17,18). The Morgan fingerprint density at radius 2 is 2.00 bits per heavy atom. The van der Waals surface area contributed by atoms with E-state index >= 15 is 0 Å². The minimum Gasteiger partial charge on any atom is -0.504 e. The summed E-state index contributed by atoms with van der Waals surface area (Å²) in [6.07, 6.45) is 0.342. The highest BCUT2D eigenvalue weighted by molar-refractivity contribution is 5.43. The number of hydrogen-bond donors (Lipinski definition) is 3. The van der Waals surface area contributed by atoms with Crippen molar-refractivity contribution >= 4 is 0 Å². The number of ether oxygens (including phenoxy) is 1. The number of nitrogens with one attached hydrogen (secondary N) is 2. The largest absolute Gasteiger partial charge is 0.504 e. The van der Waals surface area contributed by atoms with Gasteiger partial charge in [-0.1, -0.05) is 6.07 Å². The molecule has 0 unspecified atom stereocenters. The first-order valence-electron chi connectivity index (χ1n) is 5.69. The SMILES string of the molecule is COc1cc(Cc2c(C)[nH]c(=O)[nH]c2=O)ccc1O. The number of phenols is 1. The number of aromatic hydroxyl groups is 1. The number of hydrogen-bond acceptors (Lipinski definition) is 4. The van der Waals surface area contributed by atoms with Crippen LogP contribution in [0.2, 0.25) is 0 Å². The van der Waals surface area contributed by atoms with Gasteiger partial charge in [0.2, 0.25) is 0 Å². The van der Waals surface area contributed by atoms with Gasteiger partial charge in [-0.2, -0.15) is 0 Å². The van der Waals surface area contributed by atoms with Crippen molar-refractivity contribution < 1.29 is 9.84 Å². The lowest BCUT2D eigenvalue weighted by atomic mass is 10.0. The van der Waals surface area contributed by atoms with Crippen molar-refractivity contribution in [2.24, 2.45) is 0 Å². The normalized spacial score (nSPS) is 10.4. The number of rotatable bonds is 3. The third-order valence-corrected chi connectivity index (χ3v) is 2.88.